The third-order valence-electron chi connectivity index (χ3n) is 3.87. The molecular formula is C19H14FN3OS. The van der Waals surface area contributed by atoms with Gasteiger partial charge >= 0.3 is 0 Å². The van der Waals surface area contributed by atoms with Gasteiger partial charge in [-0.05, 0) is 49.4 Å². The topological polar surface area (TPSA) is 46.9 Å². The van der Waals surface area contributed by atoms with Crippen LogP contribution in [0.4, 0.5) is 10.1 Å². The highest BCUT2D eigenvalue weighted by atomic mass is 32.1. The molecule has 4 rings (SSSR count). The van der Waals surface area contributed by atoms with Gasteiger partial charge in [-0.2, -0.15) is 5.10 Å². The van der Waals surface area contributed by atoms with Crippen molar-refractivity contribution in [3.63, 3.8) is 0 Å². The van der Waals surface area contributed by atoms with Gasteiger partial charge in [0.2, 0.25) is 0 Å². The van der Waals surface area contributed by atoms with E-state index in [4.69, 9.17) is 0 Å². The van der Waals surface area contributed by atoms with Crippen molar-refractivity contribution in [3.8, 4) is 5.69 Å². The van der Waals surface area contributed by atoms with Crippen LogP contribution in [0.5, 0.6) is 0 Å². The highest BCUT2D eigenvalue weighted by molar-refractivity contribution is 7.20. The molecule has 0 bridgehead atoms. The fraction of sp³-hybridized carbons (Fsp3) is 0.0526. The Kier molecular flexibility index (Phi) is 3.82. The summed E-state index contributed by atoms with van der Waals surface area (Å²) < 4.78 is 14.9. The number of rotatable bonds is 3. The number of nitrogens with one attached hydrogen (secondary N) is 1. The van der Waals surface area contributed by atoms with Crippen molar-refractivity contribution in [1.82, 2.24) is 9.78 Å². The van der Waals surface area contributed by atoms with Gasteiger partial charge in [-0.1, -0.05) is 18.2 Å². The molecule has 1 amide bonds. The van der Waals surface area contributed by atoms with E-state index in [1.807, 2.05) is 43.3 Å². The number of para-hydroxylation sites is 1. The zero-order valence-electron chi connectivity index (χ0n) is 13.4. The Labute approximate surface area is 147 Å². The first kappa shape index (κ1) is 15.5. The van der Waals surface area contributed by atoms with Gasteiger partial charge in [0.25, 0.3) is 5.91 Å². The van der Waals surface area contributed by atoms with E-state index in [1.54, 1.807) is 16.8 Å². The lowest BCUT2D eigenvalue weighted by Gasteiger charge is -2.03. The maximum absolute atomic E-state index is 13.2. The lowest BCUT2D eigenvalue weighted by atomic mass is 10.3. The van der Waals surface area contributed by atoms with Gasteiger partial charge < -0.3 is 5.32 Å². The van der Waals surface area contributed by atoms with Gasteiger partial charge in [-0.25, -0.2) is 9.07 Å². The van der Waals surface area contributed by atoms with Crippen molar-refractivity contribution in [3.05, 3.63) is 77.1 Å². The molecule has 2 aromatic carbocycles. The summed E-state index contributed by atoms with van der Waals surface area (Å²) in [7, 11) is 0. The van der Waals surface area contributed by atoms with Crippen LogP contribution in [-0.2, 0) is 0 Å². The van der Waals surface area contributed by atoms with Crippen molar-refractivity contribution in [1.29, 1.82) is 0 Å². The Morgan fingerprint density at radius 2 is 1.84 bits per heavy atom. The fourth-order valence-electron chi connectivity index (χ4n) is 2.63. The molecule has 0 aliphatic carbocycles. The number of carbonyl (C=O) groups excluding carboxylic acids is 1. The minimum atomic E-state index is -0.294. The fourth-order valence-corrected chi connectivity index (χ4v) is 3.71. The molecule has 0 saturated carbocycles. The van der Waals surface area contributed by atoms with Crippen LogP contribution in [0.3, 0.4) is 0 Å². The minimum Gasteiger partial charge on any atom is -0.321 e. The molecule has 0 spiro atoms. The van der Waals surface area contributed by atoms with Crippen LogP contribution in [0.15, 0.2) is 60.7 Å². The summed E-state index contributed by atoms with van der Waals surface area (Å²) in [6, 6.07) is 17.3. The molecule has 124 valence electrons. The van der Waals surface area contributed by atoms with Crippen LogP contribution in [-0.4, -0.2) is 15.7 Å². The van der Waals surface area contributed by atoms with Gasteiger partial charge in [-0.15, -0.1) is 11.3 Å². The Morgan fingerprint density at radius 1 is 1.12 bits per heavy atom. The number of benzene rings is 2. The Balaban J connectivity index is 1.72. The summed E-state index contributed by atoms with van der Waals surface area (Å²) in [5.74, 6) is -0.449. The van der Waals surface area contributed by atoms with E-state index in [0.717, 1.165) is 27.3 Å². The number of fused-ring (bicyclic) bond motifs is 1. The molecule has 25 heavy (non-hydrogen) atoms. The van der Waals surface area contributed by atoms with E-state index in [0.29, 0.717) is 4.88 Å². The van der Waals surface area contributed by atoms with Gasteiger partial charge in [0.05, 0.1) is 16.3 Å². The van der Waals surface area contributed by atoms with Crippen molar-refractivity contribution in [2.45, 2.75) is 6.92 Å². The number of thiophene rings is 1. The quantitative estimate of drug-likeness (QED) is 0.577. The van der Waals surface area contributed by atoms with Crippen LogP contribution in [0, 0.1) is 12.7 Å². The molecule has 0 atom stereocenters. The van der Waals surface area contributed by atoms with Crippen molar-refractivity contribution in [2.75, 3.05) is 5.32 Å². The second-order valence-corrected chi connectivity index (χ2v) is 6.65. The molecule has 0 aliphatic rings. The number of amides is 1. The smallest absolute Gasteiger partial charge is 0.265 e. The largest absolute Gasteiger partial charge is 0.321 e. The van der Waals surface area contributed by atoms with Crippen LogP contribution in [0.25, 0.3) is 15.9 Å². The van der Waals surface area contributed by atoms with E-state index in [1.165, 1.54) is 23.5 Å². The number of hydrogen-bond acceptors (Lipinski definition) is 3. The zero-order chi connectivity index (χ0) is 17.4. The molecule has 0 aliphatic heterocycles. The molecule has 2 aromatic heterocycles. The first-order valence-electron chi connectivity index (χ1n) is 7.73. The van der Waals surface area contributed by atoms with Crippen molar-refractivity contribution < 1.29 is 9.18 Å². The average Bonchev–Trinajstić information content (AvgIpc) is 3.18. The number of halogens is 1. The number of aryl methyl sites for hydroxylation is 1. The molecule has 0 saturated heterocycles. The van der Waals surface area contributed by atoms with Crippen LogP contribution in [0.2, 0.25) is 0 Å². The minimum absolute atomic E-state index is 0.155. The summed E-state index contributed by atoms with van der Waals surface area (Å²) in [6.07, 6.45) is 0. The normalized spacial score (nSPS) is 11.0. The van der Waals surface area contributed by atoms with E-state index in [9.17, 15) is 9.18 Å². The standard InChI is InChI=1S/C19H14FN3OS/c1-12-16-11-17(18(24)21-14-5-3-2-4-6-14)25-19(16)23(22-12)15-9-7-13(20)8-10-15/h2-11H,1H3,(H,21,24). The molecule has 1 N–H and O–H groups in total. The predicted octanol–water partition coefficient (Wildman–Crippen LogP) is 4.79. The number of aromatic nitrogens is 2. The van der Waals surface area contributed by atoms with Crippen molar-refractivity contribution >= 4 is 33.1 Å². The number of carbonyl (C=O) groups is 1. The van der Waals surface area contributed by atoms with E-state index < -0.39 is 0 Å². The van der Waals surface area contributed by atoms with E-state index >= 15 is 0 Å². The lowest BCUT2D eigenvalue weighted by Crippen LogP contribution is -2.09. The maximum atomic E-state index is 13.2. The SMILES string of the molecule is Cc1nn(-c2ccc(F)cc2)c2sc(C(=O)Nc3ccccc3)cc12. The summed E-state index contributed by atoms with van der Waals surface area (Å²) >= 11 is 1.37. The Hall–Kier alpha value is -2.99. The monoisotopic (exact) mass is 351 g/mol. The summed E-state index contributed by atoms with van der Waals surface area (Å²) in [5.41, 5.74) is 2.34. The lowest BCUT2D eigenvalue weighted by molar-refractivity contribution is 0.103. The highest BCUT2D eigenvalue weighted by Crippen LogP contribution is 2.30. The molecule has 0 unspecified atom stereocenters. The first-order valence-corrected chi connectivity index (χ1v) is 8.55. The number of anilines is 1. The maximum Gasteiger partial charge on any atom is 0.265 e. The molecule has 6 heteroatoms. The van der Waals surface area contributed by atoms with E-state index in [2.05, 4.69) is 10.4 Å². The van der Waals surface area contributed by atoms with Gasteiger partial charge in [0.1, 0.15) is 10.6 Å². The predicted molar refractivity (Wildman–Crippen MR) is 98.0 cm³/mol. The Bertz CT molecular complexity index is 1050. The molecule has 0 radical (unpaired) electrons. The number of nitrogens with zero attached hydrogens (tertiary/aromatic N) is 2. The van der Waals surface area contributed by atoms with Crippen LogP contribution < -0.4 is 5.32 Å². The molecule has 0 fully saturated rings. The third-order valence-corrected chi connectivity index (χ3v) is 4.98. The van der Waals surface area contributed by atoms with E-state index in [-0.39, 0.29) is 11.7 Å². The van der Waals surface area contributed by atoms with Crippen LogP contribution >= 0.6 is 11.3 Å². The zero-order valence-corrected chi connectivity index (χ0v) is 14.2. The van der Waals surface area contributed by atoms with Crippen LogP contribution in [0.1, 0.15) is 15.4 Å². The second-order valence-electron chi connectivity index (χ2n) is 5.62. The summed E-state index contributed by atoms with van der Waals surface area (Å²) in [6.45, 7) is 1.90. The third kappa shape index (κ3) is 2.92. The van der Waals surface area contributed by atoms with Gasteiger partial charge in [-0.3, -0.25) is 4.79 Å². The molecule has 4 nitrogen and oxygen atoms in total. The molecule has 2 heterocycles. The summed E-state index contributed by atoms with van der Waals surface area (Å²) in [4.78, 5) is 14.0. The van der Waals surface area contributed by atoms with Crippen molar-refractivity contribution in [2.24, 2.45) is 0 Å². The second kappa shape index (κ2) is 6.14. The molecule has 4 aromatic rings. The molecular weight excluding hydrogens is 337 g/mol. The summed E-state index contributed by atoms with van der Waals surface area (Å²) in [5, 5.41) is 8.32. The van der Waals surface area contributed by atoms with Gasteiger partial charge in [0, 0.05) is 11.1 Å². The van der Waals surface area contributed by atoms with Gasteiger partial charge in [0.15, 0.2) is 0 Å². The highest BCUT2D eigenvalue weighted by Gasteiger charge is 2.17. The average molecular weight is 351 g/mol. The Morgan fingerprint density at radius 3 is 2.56 bits per heavy atom. The number of hydrogen-bond donors (Lipinski definition) is 1. The first-order chi connectivity index (χ1) is 12.1.